The molecule has 3 aromatic heterocycles. The summed E-state index contributed by atoms with van der Waals surface area (Å²) in [5, 5.41) is 9.73. The minimum Gasteiger partial charge on any atom is -0.468 e. The Labute approximate surface area is 197 Å². The number of aromatic nitrogens is 4. The molecule has 1 fully saturated rings. The van der Waals surface area contributed by atoms with E-state index in [4.69, 9.17) is 21.3 Å². The fourth-order valence-corrected chi connectivity index (χ4v) is 4.17. The zero-order valence-corrected chi connectivity index (χ0v) is 18.7. The van der Waals surface area contributed by atoms with E-state index in [2.05, 4.69) is 20.5 Å². The molecule has 1 atom stereocenters. The minimum absolute atomic E-state index is 0.0855. The van der Waals surface area contributed by atoms with Crippen LogP contribution in [0.1, 0.15) is 0 Å². The van der Waals surface area contributed by atoms with Gasteiger partial charge in [0, 0.05) is 36.8 Å². The third-order valence-corrected chi connectivity index (χ3v) is 6.03. The second-order valence-corrected chi connectivity index (χ2v) is 8.22. The molecule has 11 heteroatoms. The molecule has 4 aromatic rings. The molecular formula is C23H19ClF2N6O2. The van der Waals surface area contributed by atoms with Crippen molar-refractivity contribution in [3.05, 3.63) is 59.4 Å². The van der Waals surface area contributed by atoms with Crippen LogP contribution in [0.5, 0.6) is 0 Å². The van der Waals surface area contributed by atoms with E-state index in [1.165, 1.54) is 19.4 Å². The number of anilines is 1. The minimum atomic E-state index is -0.839. The van der Waals surface area contributed by atoms with Crippen LogP contribution in [0.4, 0.5) is 14.5 Å². The van der Waals surface area contributed by atoms with Gasteiger partial charge in [0.2, 0.25) is 0 Å². The van der Waals surface area contributed by atoms with E-state index in [-0.39, 0.29) is 16.6 Å². The number of carbonyl (C=O) groups is 1. The van der Waals surface area contributed by atoms with Crippen LogP contribution in [0, 0.1) is 11.6 Å². The van der Waals surface area contributed by atoms with E-state index >= 15 is 0 Å². The van der Waals surface area contributed by atoms with Gasteiger partial charge in [0.25, 0.3) is 0 Å². The summed E-state index contributed by atoms with van der Waals surface area (Å²) in [6.45, 7) is 1.75. The Bertz CT molecular complexity index is 1400. The smallest absolute Gasteiger partial charge is 0.324 e. The van der Waals surface area contributed by atoms with Gasteiger partial charge in [-0.15, -0.1) is 0 Å². The first kappa shape index (κ1) is 22.2. The van der Waals surface area contributed by atoms with Crippen LogP contribution in [0.3, 0.4) is 0 Å². The first-order chi connectivity index (χ1) is 16.4. The highest BCUT2D eigenvalue weighted by Crippen LogP contribution is 2.34. The number of H-pyrrole nitrogens is 1. The van der Waals surface area contributed by atoms with Crippen LogP contribution < -0.4 is 10.2 Å². The topological polar surface area (TPSA) is 96.0 Å². The van der Waals surface area contributed by atoms with Crippen LogP contribution in [-0.2, 0) is 9.53 Å². The number of fused-ring (bicyclic) bond motifs is 1. The first-order valence-electron chi connectivity index (χ1n) is 10.5. The third-order valence-electron chi connectivity index (χ3n) is 5.74. The summed E-state index contributed by atoms with van der Waals surface area (Å²) in [7, 11) is 1.36. The van der Waals surface area contributed by atoms with Gasteiger partial charge in [0.1, 0.15) is 17.7 Å². The number of methoxy groups -OCH3 is 1. The van der Waals surface area contributed by atoms with Crippen molar-refractivity contribution in [3.63, 3.8) is 0 Å². The van der Waals surface area contributed by atoms with Gasteiger partial charge in [0.05, 0.1) is 52.6 Å². The summed E-state index contributed by atoms with van der Waals surface area (Å²) in [4.78, 5) is 23.2. The number of esters is 1. The predicted molar refractivity (Wildman–Crippen MR) is 124 cm³/mol. The lowest BCUT2D eigenvalue weighted by atomic mass is 10.0. The Hall–Kier alpha value is -3.63. The number of piperazine rings is 1. The average Bonchev–Trinajstić information content (AvgIpc) is 3.35. The summed E-state index contributed by atoms with van der Waals surface area (Å²) in [6, 6.07) is 6.97. The van der Waals surface area contributed by atoms with Crippen LogP contribution in [0.2, 0.25) is 5.02 Å². The molecule has 1 aliphatic rings. The second-order valence-electron chi connectivity index (χ2n) is 7.81. The Morgan fingerprint density at radius 1 is 1.15 bits per heavy atom. The maximum atomic E-state index is 14.5. The number of pyridine rings is 2. The molecule has 0 saturated carbocycles. The van der Waals surface area contributed by atoms with Crippen molar-refractivity contribution in [2.75, 3.05) is 31.6 Å². The quantitative estimate of drug-likeness (QED) is 0.337. The molecule has 0 amide bonds. The number of nitrogens with one attached hydrogen (secondary N) is 2. The zero-order chi connectivity index (χ0) is 23.8. The van der Waals surface area contributed by atoms with Crippen LogP contribution in [0.25, 0.3) is 33.5 Å². The molecule has 0 radical (unpaired) electrons. The van der Waals surface area contributed by atoms with E-state index in [1.54, 1.807) is 18.3 Å². The summed E-state index contributed by atoms with van der Waals surface area (Å²) in [5.74, 6) is -1.93. The summed E-state index contributed by atoms with van der Waals surface area (Å²) in [6.07, 6.45) is 3.26. The van der Waals surface area contributed by atoms with E-state index in [9.17, 15) is 13.6 Å². The number of rotatable bonds is 4. The van der Waals surface area contributed by atoms with Gasteiger partial charge in [-0.25, -0.2) is 13.8 Å². The Kier molecular flexibility index (Phi) is 5.84. The lowest BCUT2D eigenvalue weighted by Gasteiger charge is -2.33. The van der Waals surface area contributed by atoms with Crippen LogP contribution in [-0.4, -0.2) is 58.9 Å². The van der Waals surface area contributed by atoms with Crippen molar-refractivity contribution in [2.24, 2.45) is 0 Å². The molecule has 0 bridgehead atoms. The molecule has 0 aliphatic carbocycles. The summed E-state index contributed by atoms with van der Waals surface area (Å²) in [5.41, 5.74) is 3.59. The Morgan fingerprint density at radius 2 is 2.00 bits per heavy atom. The highest BCUT2D eigenvalue weighted by Gasteiger charge is 2.26. The first-order valence-corrected chi connectivity index (χ1v) is 10.8. The Balaban J connectivity index is 1.51. The maximum Gasteiger partial charge on any atom is 0.324 e. The van der Waals surface area contributed by atoms with E-state index in [0.717, 1.165) is 11.8 Å². The molecule has 1 aromatic carbocycles. The molecule has 5 rings (SSSR count). The van der Waals surface area contributed by atoms with Crippen molar-refractivity contribution in [2.45, 2.75) is 6.04 Å². The van der Waals surface area contributed by atoms with Crippen LogP contribution >= 0.6 is 11.6 Å². The van der Waals surface area contributed by atoms with Gasteiger partial charge in [-0.05, 0) is 24.3 Å². The summed E-state index contributed by atoms with van der Waals surface area (Å²) < 4.78 is 33.0. The zero-order valence-electron chi connectivity index (χ0n) is 18.0. The fourth-order valence-electron chi connectivity index (χ4n) is 4.00. The summed E-state index contributed by atoms with van der Waals surface area (Å²) >= 11 is 5.87. The molecule has 34 heavy (non-hydrogen) atoms. The van der Waals surface area contributed by atoms with E-state index in [1.807, 2.05) is 11.0 Å². The Morgan fingerprint density at radius 3 is 2.82 bits per heavy atom. The third kappa shape index (κ3) is 4.06. The van der Waals surface area contributed by atoms with Crippen molar-refractivity contribution in [1.82, 2.24) is 25.5 Å². The maximum absolute atomic E-state index is 14.5. The highest BCUT2D eigenvalue weighted by atomic mass is 35.5. The van der Waals surface area contributed by atoms with Crippen molar-refractivity contribution in [3.8, 4) is 22.5 Å². The number of carbonyl (C=O) groups excluding carboxylic acids is 1. The largest absolute Gasteiger partial charge is 0.468 e. The molecule has 1 saturated heterocycles. The van der Waals surface area contributed by atoms with E-state index in [0.29, 0.717) is 47.6 Å². The predicted octanol–water partition coefficient (Wildman–Crippen LogP) is 3.57. The number of aromatic amines is 1. The molecule has 0 unspecified atom stereocenters. The molecular weight excluding hydrogens is 466 g/mol. The van der Waals surface area contributed by atoms with Gasteiger partial charge < -0.3 is 15.0 Å². The molecule has 2 N–H and O–H groups in total. The molecule has 0 spiro atoms. The lowest BCUT2D eigenvalue weighted by Crippen LogP contribution is -2.54. The number of benzene rings is 1. The number of hydrogen-bond acceptors (Lipinski definition) is 7. The number of ether oxygens (including phenoxy) is 1. The second kappa shape index (κ2) is 8.96. The van der Waals surface area contributed by atoms with Crippen molar-refractivity contribution >= 4 is 34.3 Å². The van der Waals surface area contributed by atoms with Gasteiger partial charge in [-0.1, -0.05) is 11.6 Å². The van der Waals surface area contributed by atoms with Crippen molar-refractivity contribution < 1.29 is 18.3 Å². The SMILES string of the molecule is COC(=O)[C@H]1CN(c2cnc3ccc(-c4cn[nH]c4-c4cc(Cl)c(F)cc4F)nc3c2)CCN1. The van der Waals surface area contributed by atoms with Gasteiger partial charge in [-0.2, -0.15) is 5.10 Å². The number of halogens is 3. The molecule has 4 heterocycles. The van der Waals surface area contributed by atoms with E-state index < -0.39 is 17.7 Å². The number of nitrogens with zero attached hydrogens (tertiary/aromatic N) is 4. The average molecular weight is 485 g/mol. The molecule has 174 valence electrons. The normalized spacial score (nSPS) is 16.1. The standard InChI is InChI=1S/C23H19ClF2N6O2/c1-34-23(33)21-11-32(5-4-27-21)12-6-20-19(28-9-12)3-2-18(30-20)14-10-29-31-22(14)13-7-15(24)17(26)8-16(13)25/h2-3,6-10,21,27H,4-5,11H2,1H3,(H,29,31)/t21-/m1/s1. The fraction of sp³-hybridized carbons (Fsp3) is 0.217. The number of hydrogen-bond donors (Lipinski definition) is 2. The monoisotopic (exact) mass is 484 g/mol. The van der Waals surface area contributed by atoms with Crippen LogP contribution in [0.15, 0.2) is 42.7 Å². The van der Waals surface area contributed by atoms with Gasteiger partial charge in [0.15, 0.2) is 0 Å². The van der Waals surface area contributed by atoms with Gasteiger partial charge in [-0.3, -0.25) is 14.9 Å². The lowest BCUT2D eigenvalue weighted by molar-refractivity contribution is -0.143. The highest BCUT2D eigenvalue weighted by molar-refractivity contribution is 6.31. The van der Waals surface area contributed by atoms with Gasteiger partial charge >= 0.3 is 5.97 Å². The van der Waals surface area contributed by atoms with Crippen molar-refractivity contribution in [1.29, 1.82) is 0 Å². The molecule has 8 nitrogen and oxygen atoms in total. The molecule has 1 aliphatic heterocycles.